The van der Waals surface area contributed by atoms with Crippen LogP contribution in [0.25, 0.3) is 0 Å². The number of carbonyl (C=O) groups excluding carboxylic acids is 2. The Balaban J connectivity index is 0.000000320. The minimum Gasteiger partial charge on any atom is -0.870 e. The normalized spacial score (nSPS) is 26.7. The maximum Gasteiger partial charge on any atom is 1.00 e. The van der Waals surface area contributed by atoms with Crippen LogP contribution >= 0.6 is 59.8 Å². The summed E-state index contributed by atoms with van der Waals surface area (Å²) in [6.07, 6.45) is 32.8. The van der Waals surface area contributed by atoms with E-state index in [0.29, 0.717) is 105 Å². The fraction of sp³-hybridized carbons (Fsp3) is 0.587. The molecule has 9 fully saturated rings. The topological polar surface area (TPSA) is 405 Å². The van der Waals surface area contributed by atoms with Crippen LogP contribution in [0.1, 0.15) is 181 Å². The summed E-state index contributed by atoms with van der Waals surface area (Å²) in [6, 6.07) is 53.0. The SMILES string of the molecule is COC(=O)[C@H]1C(c2ccc(I)cc2)CC2CCC1N2CCCF.COC(=O)[C@H]1C(c2ccccc2)CC2CCC1N2CCCF.II.N#CC1=CCC2CCC1N2CCCF.N#CC1C=CC=CC=C1.N#C[C@@H]1C(c2ccccc2)CC2CCC1N2CCCF.N#C[C@H]1C(c2ccccc2)CC2CCC1N2CCCF.NCCCF.NOOOS(=O)OOO.O=S(OO)OO.[Na+].[OH-]. The molecule has 9 saturated heterocycles. The van der Waals surface area contributed by atoms with E-state index in [-0.39, 0.29) is 141 Å². The maximum absolute atomic E-state index is 12.6. The first-order valence-corrected chi connectivity index (χ1v) is 53.3. The number of carbonyl (C=O) groups is 2. The molecule has 4 aromatic rings. The molecule has 28 nitrogen and oxygen atoms in total. The van der Waals surface area contributed by atoms with Gasteiger partial charge in [0.1, 0.15) is 0 Å². The van der Waals surface area contributed by atoms with E-state index in [1.807, 2.05) is 66.8 Å². The number of esters is 2. The van der Waals surface area contributed by atoms with Crippen LogP contribution in [0.4, 0.5) is 26.3 Å². The molecule has 0 radical (unpaired) electrons. The summed E-state index contributed by atoms with van der Waals surface area (Å²) in [6.45, 7) is 2.78. The summed E-state index contributed by atoms with van der Waals surface area (Å²) in [5.74, 6) is 4.90. The monoisotopic (exact) mass is 2240 g/mol. The van der Waals surface area contributed by atoms with Gasteiger partial charge in [-0.2, -0.15) is 35.4 Å². The minimum atomic E-state index is -2.42. The average molecular weight is 2240 g/mol. The number of allylic oxidation sites excluding steroid dienone is 6. The third-order valence-electron chi connectivity index (χ3n) is 25.8. The van der Waals surface area contributed by atoms with Gasteiger partial charge in [0.05, 0.1) is 108 Å². The Morgan fingerprint density at radius 3 is 1.15 bits per heavy atom. The van der Waals surface area contributed by atoms with E-state index < -0.39 is 22.7 Å². The van der Waals surface area contributed by atoms with Crippen LogP contribution in [-0.2, 0) is 74.2 Å². The van der Waals surface area contributed by atoms with Crippen LogP contribution in [0.2, 0.25) is 0 Å². The third-order valence-corrected chi connectivity index (χ3v) is 27.1. The zero-order valence-electron chi connectivity index (χ0n) is 74.8. The predicted molar refractivity (Wildman–Crippen MR) is 508 cm³/mol. The van der Waals surface area contributed by atoms with Crippen LogP contribution in [0.15, 0.2) is 163 Å². The fourth-order valence-corrected chi connectivity index (χ4v) is 21.0. The van der Waals surface area contributed by atoms with Crippen molar-refractivity contribution in [3.63, 3.8) is 0 Å². The first-order valence-electron chi connectivity index (χ1n) is 44.0. The molecule has 8 N–H and O–H groups in total. The van der Waals surface area contributed by atoms with Gasteiger partial charge in [-0.25, -0.2) is 15.8 Å². The Kier molecular flexibility index (Phi) is 62.4. The van der Waals surface area contributed by atoms with E-state index in [1.54, 1.807) is 0 Å². The van der Waals surface area contributed by atoms with Crippen molar-refractivity contribution in [2.75, 3.05) is 93.5 Å². The van der Waals surface area contributed by atoms with Crippen LogP contribution in [0.3, 0.4) is 0 Å². The van der Waals surface area contributed by atoms with Crippen molar-refractivity contribution in [2.24, 2.45) is 41.2 Å². The summed E-state index contributed by atoms with van der Waals surface area (Å²) in [4.78, 5) is 40.1. The van der Waals surface area contributed by atoms with Crippen molar-refractivity contribution < 1.29 is 137 Å². The predicted octanol–water partition coefficient (Wildman–Crippen LogP) is 15.0. The largest absolute Gasteiger partial charge is 1.00 e. The van der Waals surface area contributed by atoms with Crippen molar-refractivity contribution in [1.82, 2.24) is 24.5 Å². The number of rotatable bonds is 30. The van der Waals surface area contributed by atoms with E-state index >= 15 is 0 Å². The molecule has 0 amide bonds. The van der Waals surface area contributed by atoms with Gasteiger partial charge < -0.3 is 20.7 Å². The number of methoxy groups -OCH3 is 2. The van der Waals surface area contributed by atoms with Crippen LogP contribution in [-0.4, -0.2) is 220 Å². The zero-order valence-corrected chi connectivity index (χ0v) is 84.9. The van der Waals surface area contributed by atoms with E-state index in [4.69, 9.17) is 41.5 Å². The van der Waals surface area contributed by atoms with Gasteiger partial charge in [0, 0.05) is 163 Å². The van der Waals surface area contributed by atoms with E-state index in [9.17, 15) is 54.9 Å². The first-order chi connectivity index (χ1) is 63.4. The Morgan fingerprint density at radius 1 is 0.470 bits per heavy atom. The summed E-state index contributed by atoms with van der Waals surface area (Å²) in [7, 11) is 2.94. The van der Waals surface area contributed by atoms with Crippen molar-refractivity contribution >= 4 is 94.5 Å². The number of hydrogen-bond donors (Lipinski definition) is 5. The molecule has 10 aliphatic heterocycles. The number of alkyl halides is 6. The molecule has 15 rings (SSSR count). The van der Waals surface area contributed by atoms with Gasteiger partial charge in [-0.3, -0.25) is 60.4 Å². The van der Waals surface area contributed by atoms with E-state index in [1.165, 1.54) is 59.3 Å². The maximum atomic E-state index is 12.6. The molecule has 19 atom stereocenters. The van der Waals surface area contributed by atoms with E-state index in [2.05, 4.69) is 238 Å². The standard InChI is InChI=1S/C18H23FINO2.C18H24FNO2.2C17H21FN2.C11H15FN2.C8H7N.C3H8FN.I2.H3NO7S.Na.H2O5S.H2O/c1-23-18(22)17-15(12-3-5-13(20)6-4-12)11-14-7-8-16(17)21(14)10-2-9-19;1-22-18(21)17-15(13-6-3-2-4-7-13)12-14-8-9-16(17)20(14)11-5-10-19;2*18-9-4-10-20-14-7-8-17(20)16(12-19)15(11-14)13-5-2-1-3-6-13;12-6-1-7-14-10-3-2-9(8-13)11(14)5-4-10;9-7-8-5-3-1-2-4-6-8;4-2-1-3-5;1-2;1-4-6-8-9(3)7-5-2;;1-4-6(3)5-2;/h3-6,14-17H,2,7-11H2,1H3;2-4,6-7,14-17H,5,8-12H2,1H3;2*1-3,5-6,14-17H,4,7-11H2;2,10-11H,1,3-7H2;1-6,8H;1-3,5H2;;2H,1H2;;1-2H;1H2/q;;;;;;;;;+1;;/p-1/t2*14?,15?,16?,17-;2*14?,15?,16-,17?;;;;;;;;/m0010......../s1. The van der Waals surface area contributed by atoms with Gasteiger partial charge >= 0.3 is 64.2 Å². The molecule has 10 heterocycles. The Labute approximate surface area is 836 Å². The molecule has 1 aliphatic carbocycles. The average Bonchev–Trinajstić information content (AvgIpc) is 1.61. The molecule has 10 bridgehead atoms. The molecule has 0 spiro atoms. The summed E-state index contributed by atoms with van der Waals surface area (Å²) in [5.41, 5.74) is 10.8. The zero-order chi connectivity index (χ0) is 94.5. The molecule has 0 saturated carbocycles. The minimum absolute atomic E-state index is 0. The molecule has 0 aromatic heterocycles. The fourth-order valence-electron chi connectivity index (χ4n) is 20.5. The Morgan fingerprint density at radius 2 is 0.826 bits per heavy atom. The van der Waals surface area contributed by atoms with Gasteiger partial charge in [0.2, 0.25) is 0 Å². The Hall–Kier alpha value is -4.91. The van der Waals surface area contributed by atoms with Crippen LogP contribution < -0.4 is 41.2 Å². The number of ether oxygens (including phenoxy) is 2. The summed E-state index contributed by atoms with van der Waals surface area (Å²) >= 11 is 1.69. The molecule has 726 valence electrons. The number of halogens is 9. The van der Waals surface area contributed by atoms with Gasteiger partial charge in [0.15, 0.2) is 0 Å². The van der Waals surface area contributed by atoms with Crippen LogP contribution in [0, 0.1) is 78.5 Å². The molecular formula is C92H125F6I3N11NaO17S2. The number of nitrogens with two attached hydrogens (primary N) is 2. The molecule has 15 unspecified atom stereocenters. The first kappa shape index (κ1) is 119. The molecular weight excluding hydrogens is 2110 g/mol. The molecule has 11 aliphatic rings. The molecule has 4 aromatic carbocycles. The van der Waals surface area contributed by atoms with Crippen molar-refractivity contribution in [3.05, 3.63) is 189 Å². The Bertz CT molecular complexity index is 4120. The second-order valence-electron chi connectivity index (χ2n) is 32.5. The summed E-state index contributed by atoms with van der Waals surface area (Å²) < 4.78 is 117. The van der Waals surface area contributed by atoms with Gasteiger partial charge in [-0.1, -0.05) is 159 Å². The number of fused-ring (bicyclic) bond motifs is 10. The molecule has 40 heteroatoms. The summed E-state index contributed by atoms with van der Waals surface area (Å²) in [5, 5.41) is 64.9. The second kappa shape index (κ2) is 69.0. The quantitative estimate of drug-likeness (QED) is 0.00808. The van der Waals surface area contributed by atoms with Crippen molar-refractivity contribution in [1.29, 1.82) is 21.0 Å². The van der Waals surface area contributed by atoms with Gasteiger partial charge in [0.25, 0.3) is 0 Å². The van der Waals surface area contributed by atoms with Gasteiger partial charge in [-0.05, 0) is 203 Å². The van der Waals surface area contributed by atoms with E-state index in [0.717, 1.165) is 115 Å². The third kappa shape index (κ3) is 36.7. The smallest absolute Gasteiger partial charge is 0.870 e. The number of nitrogens with zero attached hydrogens (tertiary/aromatic N) is 9. The molecule has 132 heavy (non-hydrogen) atoms. The van der Waals surface area contributed by atoms with Crippen molar-refractivity contribution in [3.8, 4) is 24.3 Å². The van der Waals surface area contributed by atoms with Crippen LogP contribution in [0.5, 0.6) is 0 Å². The number of nitriles is 4. The number of piperidine rings is 4. The second-order valence-corrected chi connectivity index (χ2v) is 35.1. The van der Waals surface area contributed by atoms with Gasteiger partial charge in [-0.15, -0.1) is 13.7 Å². The number of benzene rings is 4. The van der Waals surface area contributed by atoms with Crippen molar-refractivity contribution in [2.45, 2.75) is 219 Å². The number of hydrogen-bond acceptors (Lipinski definition) is 28.